The Bertz CT molecular complexity index is 340. The number of aromatic nitrogens is 2. The topological polar surface area (TPSA) is 29.0 Å². The van der Waals surface area contributed by atoms with Crippen molar-refractivity contribution < 1.29 is 0 Å². The molecule has 3 nitrogen and oxygen atoms in total. The summed E-state index contributed by atoms with van der Waals surface area (Å²) in [5.41, 5.74) is 1.03. The molecular formula is C11H16ClN3. The third-order valence-electron chi connectivity index (χ3n) is 3.01. The van der Waals surface area contributed by atoms with Gasteiger partial charge in [0, 0.05) is 18.5 Å². The van der Waals surface area contributed by atoms with Crippen LogP contribution in [0.3, 0.4) is 0 Å². The highest BCUT2D eigenvalue weighted by Gasteiger charge is 2.26. The Labute approximate surface area is 95.5 Å². The number of hydrogen-bond acceptors (Lipinski definition) is 3. The molecule has 0 amide bonds. The van der Waals surface area contributed by atoms with Gasteiger partial charge in [0.2, 0.25) is 0 Å². The van der Waals surface area contributed by atoms with E-state index in [2.05, 4.69) is 28.9 Å². The van der Waals surface area contributed by atoms with E-state index in [4.69, 9.17) is 11.6 Å². The van der Waals surface area contributed by atoms with Crippen molar-refractivity contribution in [3.8, 4) is 0 Å². The summed E-state index contributed by atoms with van der Waals surface area (Å²) in [4.78, 5) is 2.47. The van der Waals surface area contributed by atoms with Crippen LogP contribution in [0.25, 0.3) is 0 Å². The lowest BCUT2D eigenvalue weighted by atomic mass is 10.1. The van der Waals surface area contributed by atoms with Crippen LogP contribution < -0.4 is 0 Å². The standard InChI is InChI=1S/C11H16ClN3/c1-8(2)15-4-3-9(7-15)11-5-10(12)6-13-14-11/h5-6,8-9H,3-4,7H2,1-2H3. The van der Waals surface area contributed by atoms with E-state index in [1.165, 1.54) is 0 Å². The maximum absolute atomic E-state index is 5.91. The van der Waals surface area contributed by atoms with Crippen LogP contribution in [0.15, 0.2) is 12.3 Å². The van der Waals surface area contributed by atoms with Gasteiger partial charge in [-0.2, -0.15) is 10.2 Å². The van der Waals surface area contributed by atoms with Crippen LogP contribution in [0.1, 0.15) is 31.9 Å². The zero-order valence-electron chi connectivity index (χ0n) is 9.15. The van der Waals surface area contributed by atoms with E-state index >= 15 is 0 Å². The summed E-state index contributed by atoms with van der Waals surface area (Å²) in [6, 6.07) is 2.55. The molecule has 0 aromatic carbocycles. The van der Waals surface area contributed by atoms with Crippen molar-refractivity contribution >= 4 is 11.6 Å². The maximum Gasteiger partial charge on any atom is 0.0690 e. The van der Waals surface area contributed by atoms with E-state index in [1.807, 2.05) is 6.07 Å². The first-order chi connectivity index (χ1) is 7.16. The largest absolute Gasteiger partial charge is 0.300 e. The predicted molar refractivity (Wildman–Crippen MR) is 61.1 cm³/mol. The highest BCUT2D eigenvalue weighted by molar-refractivity contribution is 6.30. The third kappa shape index (κ3) is 2.47. The minimum absolute atomic E-state index is 0.499. The van der Waals surface area contributed by atoms with Crippen molar-refractivity contribution in [1.29, 1.82) is 0 Å². The second-order valence-corrected chi connectivity index (χ2v) is 4.81. The van der Waals surface area contributed by atoms with Gasteiger partial charge in [0.1, 0.15) is 0 Å². The van der Waals surface area contributed by atoms with E-state index in [1.54, 1.807) is 6.20 Å². The molecule has 0 bridgehead atoms. The molecule has 0 radical (unpaired) electrons. The van der Waals surface area contributed by atoms with Crippen molar-refractivity contribution in [2.45, 2.75) is 32.2 Å². The number of hydrogen-bond donors (Lipinski definition) is 0. The first-order valence-corrected chi connectivity index (χ1v) is 5.77. The van der Waals surface area contributed by atoms with Gasteiger partial charge in [0.05, 0.1) is 16.9 Å². The molecule has 1 atom stereocenters. The van der Waals surface area contributed by atoms with Crippen LogP contribution in [0.5, 0.6) is 0 Å². The van der Waals surface area contributed by atoms with E-state index in [-0.39, 0.29) is 0 Å². The molecule has 1 aromatic heterocycles. The summed E-state index contributed by atoms with van der Waals surface area (Å²) in [7, 11) is 0. The molecule has 1 aliphatic rings. The van der Waals surface area contributed by atoms with Crippen molar-refractivity contribution in [3.63, 3.8) is 0 Å². The lowest BCUT2D eigenvalue weighted by Gasteiger charge is -2.19. The molecule has 1 aliphatic heterocycles. The molecule has 82 valence electrons. The smallest absolute Gasteiger partial charge is 0.0690 e. The first-order valence-electron chi connectivity index (χ1n) is 5.39. The summed E-state index contributed by atoms with van der Waals surface area (Å²) in [6.45, 7) is 6.68. The fraction of sp³-hybridized carbons (Fsp3) is 0.636. The second-order valence-electron chi connectivity index (χ2n) is 4.37. The molecule has 0 aliphatic carbocycles. The molecule has 1 aromatic rings. The van der Waals surface area contributed by atoms with Crippen LogP contribution in [0, 0.1) is 0 Å². The van der Waals surface area contributed by atoms with Crippen molar-refractivity contribution in [1.82, 2.24) is 15.1 Å². The van der Waals surface area contributed by atoms with E-state index in [0.29, 0.717) is 17.0 Å². The SMILES string of the molecule is CC(C)N1CCC(c2cc(Cl)cnn2)C1. The second kappa shape index (κ2) is 4.45. The van der Waals surface area contributed by atoms with Crippen LogP contribution >= 0.6 is 11.6 Å². The van der Waals surface area contributed by atoms with Gasteiger partial charge in [-0.25, -0.2) is 0 Å². The minimum atomic E-state index is 0.499. The Kier molecular flexibility index (Phi) is 3.22. The van der Waals surface area contributed by atoms with Crippen LogP contribution in [-0.4, -0.2) is 34.2 Å². The molecule has 4 heteroatoms. The molecule has 1 saturated heterocycles. The molecule has 0 N–H and O–H groups in total. The number of nitrogens with zero attached hydrogens (tertiary/aromatic N) is 3. The summed E-state index contributed by atoms with van der Waals surface area (Å²) in [5, 5.41) is 8.74. The average Bonchev–Trinajstić information content (AvgIpc) is 2.66. The van der Waals surface area contributed by atoms with Gasteiger partial charge in [-0.05, 0) is 32.9 Å². The van der Waals surface area contributed by atoms with Crippen LogP contribution in [0.2, 0.25) is 5.02 Å². The van der Waals surface area contributed by atoms with Gasteiger partial charge < -0.3 is 4.90 Å². The molecule has 15 heavy (non-hydrogen) atoms. The zero-order valence-corrected chi connectivity index (χ0v) is 9.91. The van der Waals surface area contributed by atoms with Gasteiger partial charge in [0.15, 0.2) is 0 Å². The lowest BCUT2D eigenvalue weighted by molar-refractivity contribution is 0.272. The molecule has 0 spiro atoms. The number of rotatable bonds is 2. The predicted octanol–water partition coefficient (Wildman–Crippen LogP) is 2.33. The highest BCUT2D eigenvalue weighted by atomic mass is 35.5. The average molecular weight is 226 g/mol. The van der Waals surface area contributed by atoms with Crippen LogP contribution in [-0.2, 0) is 0 Å². The zero-order chi connectivity index (χ0) is 10.8. The summed E-state index contributed by atoms with van der Waals surface area (Å²) < 4.78 is 0. The fourth-order valence-electron chi connectivity index (χ4n) is 2.06. The van der Waals surface area contributed by atoms with Gasteiger partial charge in [-0.15, -0.1) is 0 Å². The molecule has 0 saturated carbocycles. The van der Waals surface area contributed by atoms with Crippen molar-refractivity contribution in [2.75, 3.05) is 13.1 Å². The molecule has 2 heterocycles. The third-order valence-corrected chi connectivity index (χ3v) is 3.21. The van der Waals surface area contributed by atoms with E-state index in [9.17, 15) is 0 Å². The van der Waals surface area contributed by atoms with Gasteiger partial charge in [0.25, 0.3) is 0 Å². The Morgan fingerprint density at radius 3 is 2.93 bits per heavy atom. The van der Waals surface area contributed by atoms with E-state index < -0.39 is 0 Å². The summed E-state index contributed by atoms with van der Waals surface area (Å²) in [5.74, 6) is 0.499. The molecule has 1 fully saturated rings. The minimum Gasteiger partial charge on any atom is -0.300 e. The fourth-order valence-corrected chi connectivity index (χ4v) is 2.21. The Morgan fingerprint density at radius 2 is 2.33 bits per heavy atom. The highest BCUT2D eigenvalue weighted by Crippen LogP contribution is 2.27. The Morgan fingerprint density at radius 1 is 1.53 bits per heavy atom. The quantitative estimate of drug-likeness (QED) is 0.774. The normalized spacial score (nSPS) is 22.5. The monoisotopic (exact) mass is 225 g/mol. The van der Waals surface area contributed by atoms with Crippen LogP contribution in [0.4, 0.5) is 0 Å². The molecule has 1 unspecified atom stereocenters. The van der Waals surface area contributed by atoms with Crippen molar-refractivity contribution in [3.05, 3.63) is 23.0 Å². The van der Waals surface area contributed by atoms with E-state index in [0.717, 1.165) is 25.2 Å². The lowest BCUT2D eigenvalue weighted by Crippen LogP contribution is -2.28. The molecule has 2 rings (SSSR count). The Hall–Kier alpha value is -0.670. The number of halogens is 1. The Balaban J connectivity index is 2.08. The molecular weight excluding hydrogens is 210 g/mol. The van der Waals surface area contributed by atoms with Gasteiger partial charge in [-0.1, -0.05) is 11.6 Å². The van der Waals surface area contributed by atoms with Gasteiger partial charge >= 0.3 is 0 Å². The number of likely N-dealkylation sites (tertiary alicyclic amines) is 1. The van der Waals surface area contributed by atoms with Gasteiger partial charge in [-0.3, -0.25) is 0 Å². The summed E-state index contributed by atoms with van der Waals surface area (Å²) >= 11 is 5.91. The summed E-state index contributed by atoms with van der Waals surface area (Å²) in [6.07, 6.45) is 2.74. The maximum atomic E-state index is 5.91. The first kappa shape index (κ1) is 10.8. The van der Waals surface area contributed by atoms with Crippen molar-refractivity contribution in [2.24, 2.45) is 0 Å².